The summed E-state index contributed by atoms with van der Waals surface area (Å²) in [5.74, 6) is 0.987. The molecule has 318 valence electrons. The van der Waals surface area contributed by atoms with E-state index in [0.717, 1.165) is 49.2 Å². The van der Waals surface area contributed by atoms with Crippen LogP contribution in [0.3, 0.4) is 0 Å². The molecule has 0 heterocycles. The van der Waals surface area contributed by atoms with Gasteiger partial charge in [-0.05, 0) is 85.7 Å². The number of rotatable bonds is 35. The van der Waals surface area contributed by atoms with Crippen LogP contribution in [0.15, 0.2) is 72.8 Å². The van der Waals surface area contributed by atoms with Crippen molar-refractivity contribution in [1.29, 1.82) is 0 Å². The first kappa shape index (κ1) is 48.3. The molecule has 4 heteroatoms. The molecule has 0 aliphatic heterocycles. The van der Waals surface area contributed by atoms with Crippen molar-refractivity contribution in [2.24, 2.45) is 0 Å². The number of unbranched alkanes of at least 4 members (excludes halogenated alkanes) is 22. The minimum Gasteiger partial charge on any atom is -0.490 e. The summed E-state index contributed by atoms with van der Waals surface area (Å²) in [6.07, 6.45) is 36.4. The molecule has 0 amide bonds. The highest BCUT2D eigenvalue weighted by molar-refractivity contribution is 5.91. The first-order valence-electron chi connectivity index (χ1n) is 23.8. The smallest absolute Gasteiger partial charge is 0.343 e. The van der Waals surface area contributed by atoms with Gasteiger partial charge in [0.05, 0.1) is 17.8 Å². The van der Waals surface area contributed by atoms with Crippen molar-refractivity contribution >= 4 is 5.97 Å². The van der Waals surface area contributed by atoms with E-state index in [1.807, 2.05) is 48.5 Å². The number of carbonyl (C=O) groups is 1. The van der Waals surface area contributed by atoms with E-state index in [1.54, 1.807) is 0 Å². The van der Waals surface area contributed by atoms with Crippen molar-refractivity contribution in [2.75, 3.05) is 6.61 Å². The zero-order chi connectivity index (χ0) is 40.6. The Hall–Kier alpha value is -3.11. The largest absolute Gasteiger partial charge is 0.490 e. The molecule has 4 nitrogen and oxygen atoms in total. The summed E-state index contributed by atoms with van der Waals surface area (Å²) in [6, 6.07) is 23.7. The lowest BCUT2D eigenvalue weighted by atomic mass is 10.0. The van der Waals surface area contributed by atoms with Crippen LogP contribution in [-0.4, -0.2) is 18.7 Å². The van der Waals surface area contributed by atoms with E-state index in [1.165, 1.54) is 153 Å². The van der Waals surface area contributed by atoms with Crippen LogP contribution in [0.2, 0.25) is 0 Å². The Bertz CT molecular complexity index is 1380. The average Bonchev–Trinajstić information content (AvgIpc) is 3.23. The summed E-state index contributed by atoms with van der Waals surface area (Å²) in [6.45, 7) is 9.72. The Morgan fingerprint density at radius 3 is 1.35 bits per heavy atom. The van der Waals surface area contributed by atoms with Crippen LogP contribution in [-0.2, 0) is 4.74 Å². The van der Waals surface area contributed by atoms with E-state index < -0.39 is 0 Å². The van der Waals surface area contributed by atoms with Gasteiger partial charge >= 0.3 is 5.97 Å². The van der Waals surface area contributed by atoms with Crippen LogP contribution in [0.4, 0.5) is 0 Å². The molecule has 0 aromatic heterocycles. The Labute approximate surface area is 350 Å². The second kappa shape index (κ2) is 31.8. The van der Waals surface area contributed by atoms with Gasteiger partial charge in [0.25, 0.3) is 0 Å². The molecule has 0 aliphatic carbocycles. The maximum absolute atomic E-state index is 12.9. The van der Waals surface area contributed by atoms with E-state index in [-0.39, 0.29) is 18.2 Å². The van der Waals surface area contributed by atoms with Crippen LogP contribution < -0.4 is 9.47 Å². The van der Waals surface area contributed by atoms with E-state index in [9.17, 15) is 4.79 Å². The third-order valence-electron chi connectivity index (χ3n) is 11.5. The Morgan fingerprint density at radius 1 is 0.456 bits per heavy atom. The lowest BCUT2D eigenvalue weighted by molar-refractivity contribution is 0.0627. The Kier molecular flexibility index (Phi) is 26.9. The number of ether oxygens (including phenoxy) is 3. The van der Waals surface area contributed by atoms with Crippen LogP contribution in [0.25, 0.3) is 11.1 Å². The van der Waals surface area contributed by atoms with Crippen molar-refractivity contribution in [2.45, 2.75) is 213 Å². The number of esters is 1. The summed E-state index contributed by atoms with van der Waals surface area (Å²) < 4.78 is 18.2. The Morgan fingerprint density at radius 2 is 0.877 bits per heavy atom. The molecule has 3 rings (SSSR count). The molecule has 0 saturated heterocycles. The molecule has 0 saturated carbocycles. The summed E-state index contributed by atoms with van der Waals surface area (Å²) in [5, 5.41) is 0. The zero-order valence-corrected chi connectivity index (χ0v) is 37.0. The Balaban J connectivity index is 1.25. The predicted molar refractivity (Wildman–Crippen MR) is 244 cm³/mol. The van der Waals surface area contributed by atoms with Gasteiger partial charge in [-0.2, -0.15) is 0 Å². The van der Waals surface area contributed by atoms with E-state index in [0.29, 0.717) is 11.3 Å². The van der Waals surface area contributed by atoms with Crippen molar-refractivity contribution in [1.82, 2.24) is 0 Å². The van der Waals surface area contributed by atoms with Crippen molar-refractivity contribution < 1.29 is 19.0 Å². The van der Waals surface area contributed by atoms with Crippen molar-refractivity contribution in [3.63, 3.8) is 0 Å². The molecule has 0 N–H and O–H groups in total. The second-order valence-electron chi connectivity index (χ2n) is 16.7. The molecule has 2 atom stereocenters. The van der Waals surface area contributed by atoms with Gasteiger partial charge in [0.2, 0.25) is 0 Å². The van der Waals surface area contributed by atoms with Gasteiger partial charge in [-0.15, -0.1) is 0 Å². The van der Waals surface area contributed by atoms with Gasteiger partial charge in [0.15, 0.2) is 0 Å². The van der Waals surface area contributed by atoms with Gasteiger partial charge in [-0.3, -0.25) is 0 Å². The molecular formula is C53H82O4. The van der Waals surface area contributed by atoms with E-state index in [2.05, 4.69) is 52.0 Å². The SMILES string of the molecule is CCCCCCCCCCCCCCCCCCCCOC(C)c1ccc(-c2ccc(C(=O)Oc3ccc(OC(CCC)CCCCCCCC)cc3)cc2)cc1. The highest BCUT2D eigenvalue weighted by atomic mass is 16.5. The molecular weight excluding hydrogens is 701 g/mol. The standard InChI is InChI=1S/C53H82O4/c1-5-8-10-12-14-15-16-17-18-19-20-21-22-23-24-25-27-29-44-55-45(4)46-32-34-47(35-33-46)48-36-38-49(39-37-48)53(54)57-52-42-40-51(41-43-52)56-50(30-7-3)31-28-26-13-11-9-6-2/h32-43,45,50H,5-31,44H2,1-4H3. The fraction of sp³-hybridized carbons (Fsp3) is 0.642. The van der Waals surface area contributed by atoms with Crippen LogP contribution >= 0.6 is 0 Å². The lowest BCUT2D eigenvalue weighted by Gasteiger charge is -2.19. The molecule has 2 unspecified atom stereocenters. The van der Waals surface area contributed by atoms with Gasteiger partial charge in [0, 0.05) is 6.61 Å². The highest BCUT2D eigenvalue weighted by Crippen LogP contribution is 2.26. The molecule has 0 fully saturated rings. The van der Waals surface area contributed by atoms with Gasteiger partial charge in [0.1, 0.15) is 11.5 Å². The first-order valence-corrected chi connectivity index (χ1v) is 23.8. The average molecular weight is 783 g/mol. The van der Waals surface area contributed by atoms with Crippen LogP contribution in [0.1, 0.15) is 223 Å². The minimum absolute atomic E-state index is 0.0745. The maximum atomic E-state index is 12.9. The second-order valence-corrected chi connectivity index (χ2v) is 16.7. The maximum Gasteiger partial charge on any atom is 0.343 e. The lowest BCUT2D eigenvalue weighted by Crippen LogP contribution is -2.16. The summed E-state index contributed by atoms with van der Waals surface area (Å²) in [4.78, 5) is 12.9. The van der Waals surface area contributed by atoms with E-state index >= 15 is 0 Å². The number of hydrogen-bond donors (Lipinski definition) is 0. The first-order chi connectivity index (χ1) is 28.0. The number of hydrogen-bond acceptors (Lipinski definition) is 4. The molecule has 0 radical (unpaired) electrons. The minimum atomic E-state index is -0.363. The molecule has 3 aromatic carbocycles. The van der Waals surface area contributed by atoms with Crippen molar-refractivity contribution in [3.8, 4) is 22.6 Å². The molecule has 57 heavy (non-hydrogen) atoms. The highest BCUT2D eigenvalue weighted by Gasteiger charge is 2.13. The van der Waals surface area contributed by atoms with Gasteiger partial charge in [-0.25, -0.2) is 4.79 Å². The topological polar surface area (TPSA) is 44.8 Å². The van der Waals surface area contributed by atoms with Crippen molar-refractivity contribution in [3.05, 3.63) is 83.9 Å². The number of benzene rings is 3. The molecule has 0 bridgehead atoms. The fourth-order valence-electron chi connectivity index (χ4n) is 7.79. The van der Waals surface area contributed by atoms with Gasteiger partial charge in [-0.1, -0.05) is 205 Å². The quantitative estimate of drug-likeness (QED) is 0.0339. The van der Waals surface area contributed by atoms with Gasteiger partial charge < -0.3 is 14.2 Å². The number of carbonyl (C=O) groups excluding carboxylic acids is 1. The normalized spacial score (nSPS) is 12.4. The predicted octanol–water partition coefficient (Wildman–Crippen LogP) is 17.0. The summed E-state index contributed by atoms with van der Waals surface area (Å²) in [7, 11) is 0. The molecule has 0 aliphatic rings. The molecule has 3 aromatic rings. The van der Waals surface area contributed by atoms with E-state index in [4.69, 9.17) is 14.2 Å². The fourth-order valence-corrected chi connectivity index (χ4v) is 7.79. The molecule has 0 spiro atoms. The third kappa shape index (κ3) is 22.0. The third-order valence-corrected chi connectivity index (χ3v) is 11.5. The monoisotopic (exact) mass is 783 g/mol. The summed E-state index contributed by atoms with van der Waals surface area (Å²) in [5.41, 5.74) is 3.90. The van der Waals surface area contributed by atoms with Crippen LogP contribution in [0.5, 0.6) is 11.5 Å². The summed E-state index contributed by atoms with van der Waals surface area (Å²) >= 11 is 0. The van der Waals surface area contributed by atoms with Crippen LogP contribution in [0, 0.1) is 0 Å². The zero-order valence-electron chi connectivity index (χ0n) is 37.0.